The minimum Gasteiger partial charge on any atom is -0.444 e. The predicted octanol–water partition coefficient (Wildman–Crippen LogP) is 5.37. The molecule has 9 nitrogen and oxygen atoms in total. The number of nitrogens with zero attached hydrogens (tertiary/aromatic N) is 3. The zero-order chi connectivity index (χ0) is 27.7. The molecule has 5 rings (SSSR count). The summed E-state index contributed by atoms with van der Waals surface area (Å²) in [5, 5.41) is 3.44. The lowest BCUT2D eigenvalue weighted by Gasteiger charge is -2.33. The number of ether oxygens (including phenoxy) is 3. The second-order valence-corrected chi connectivity index (χ2v) is 12.0. The van der Waals surface area contributed by atoms with Crippen LogP contribution < -0.4 is 10.2 Å². The van der Waals surface area contributed by atoms with Crippen LogP contribution in [0, 0.1) is 0 Å². The Morgan fingerprint density at radius 1 is 1.15 bits per heavy atom. The summed E-state index contributed by atoms with van der Waals surface area (Å²) in [6, 6.07) is 10.1. The summed E-state index contributed by atoms with van der Waals surface area (Å²) in [6.45, 7) is 11.7. The predicted molar refractivity (Wildman–Crippen MR) is 149 cm³/mol. The van der Waals surface area contributed by atoms with Crippen LogP contribution in [0.15, 0.2) is 36.5 Å². The van der Waals surface area contributed by atoms with Crippen molar-refractivity contribution >= 4 is 29.2 Å². The maximum absolute atomic E-state index is 14.0. The lowest BCUT2D eigenvalue weighted by molar-refractivity contribution is -0.143. The molecule has 2 fully saturated rings. The molecule has 1 unspecified atom stereocenters. The van der Waals surface area contributed by atoms with Gasteiger partial charge >= 0.3 is 6.09 Å². The summed E-state index contributed by atoms with van der Waals surface area (Å²) in [5.74, 6) is 0.842. The zero-order valence-electron chi connectivity index (χ0n) is 23.6. The first-order chi connectivity index (χ1) is 18.6. The summed E-state index contributed by atoms with van der Waals surface area (Å²) < 4.78 is 17.5. The SMILES string of the molecule is CC(C)O[C@H]1CC[C@H](C(=O)N2Cc3cccnc3Nc3ccc(C4CCN(C(=O)OC(C)(C)C)C4)cc32)OC1. The average molecular weight is 537 g/mol. The molecule has 1 N–H and O–H groups in total. The first-order valence-corrected chi connectivity index (χ1v) is 14.0. The van der Waals surface area contributed by atoms with Crippen LogP contribution in [-0.2, 0) is 25.5 Å². The van der Waals surface area contributed by atoms with Gasteiger partial charge in [-0.25, -0.2) is 9.78 Å². The van der Waals surface area contributed by atoms with Gasteiger partial charge in [0.05, 0.1) is 36.7 Å². The Bertz CT molecular complexity index is 1200. The molecule has 3 atom stereocenters. The Balaban J connectivity index is 1.38. The van der Waals surface area contributed by atoms with Crippen molar-refractivity contribution in [3.63, 3.8) is 0 Å². The van der Waals surface area contributed by atoms with E-state index in [0.717, 1.165) is 41.2 Å². The first kappa shape index (κ1) is 27.4. The zero-order valence-corrected chi connectivity index (χ0v) is 23.6. The molecule has 2 amide bonds. The molecule has 3 aliphatic rings. The van der Waals surface area contributed by atoms with Gasteiger partial charge in [-0.2, -0.15) is 0 Å². The van der Waals surface area contributed by atoms with Gasteiger partial charge in [-0.3, -0.25) is 4.79 Å². The Morgan fingerprint density at radius 2 is 1.97 bits per heavy atom. The molecule has 39 heavy (non-hydrogen) atoms. The number of hydrogen-bond donors (Lipinski definition) is 1. The molecular formula is C30H40N4O5. The second kappa shape index (κ2) is 11.1. The van der Waals surface area contributed by atoms with Crippen LogP contribution in [0.5, 0.6) is 0 Å². The van der Waals surface area contributed by atoms with Crippen molar-refractivity contribution in [1.29, 1.82) is 0 Å². The van der Waals surface area contributed by atoms with Gasteiger partial charge in [-0.1, -0.05) is 12.1 Å². The Hall–Kier alpha value is -3.17. The highest BCUT2D eigenvalue weighted by Gasteiger charge is 2.36. The van der Waals surface area contributed by atoms with Gasteiger partial charge in [-0.15, -0.1) is 0 Å². The molecule has 1 aromatic heterocycles. The van der Waals surface area contributed by atoms with Crippen molar-refractivity contribution in [2.75, 3.05) is 29.9 Å². The molecule has 2 aromatic rings. The topological polar surface area (TPSA) is 93.2 Å². The minimum absolute atomic E-state index is 0.0129. The van der Waals surface area contributed by atoms with Gasteiger partial charge in [0.25, 0.3) is 5.91 Å². The first-order valence-electron chi connectivity index (χ1n) is 14.0. The minimum atomic E-state index is -0.531. The number of rotatable bonds is 4. The van der Waals surface area contributed by atoms with Crippen molar-refractivity contribution < 1.29 is 23.8 Å². The van der Waals surface area contributed by atoms with E-state index in [0.29, 0.717) is 32.7 Å². The molecule has 0 radical (unpaired) electrons. The molecule has 0 spiro atoms. The van der Waals surface area contributed by atoms with E-state index < -0.39 is 11.7 Å². The molecule has 9 heteroatoms. The Labute approximate surface area is 230 Å². The van der Waals surface area contributed by atoms with Gasteiger partial charge in [0.1, 0.15) is 17.5 Å². The van der Waals surface area contributed by atoms with Crippen molar-refractivity contribution in [3.05, 3.63) is 47.7 Å². The highest BCUT2D eigenvalue weighted by molar-refractivity contribution is 6.01. The van der Waals surface area contributed by atoms with Crippen LogP contribution in [-0.4, -0.2) is 65.5 Å². The number of fused-ring (bicyclic) bond motifs is 2. The molecule has 210 valence electrons. The highest BCUT2D eigenvalue weighted by Crippen LogP contribution is 2.39. The molecule has 3 aliphatic heterocycles. The molecule has 4 heterocycles. The Kier molecular flexibility index (Phi) is 7.82. The maximum Gasteiger partial charge on any atom is 0.410 e. The normalized spacial score (nSPS) is 23.1. The van der Waals surface area contributed by atoms with Crippen LogP contribution in [0.1, 0.15) is 70.9 Å². The monoisotopic (exact) mass is 536 g/mol. The number of aromatic nitrogens is 1. The van der Waals surface area contributed by atoms with Crippen LogP contribution in [0.3, 0.4) is 0 Å². The number of pyridine rings is 1. The number of benzene rings is 1. The van der Waals surface area contributed by atoms with E-state index in [-0.39, 0.29) is 30.1 Å². The van der Waals surface area contributed by atoms with E-state index in [1.165, 1.54) is 0 Å². The number of carbonyl (C=O) groups excluding carboxylic acids is 2. The van der Waals surface area contributed by atoms with Crippen LogP contribution in [0.25, 0.3) is 0 Å². The van der Waals surface area contributed by atoms with E-state index in [1.54, 1.807) is 11.1 Å². The number of anilines is 3. The van der Waals surface area contributed by atoms with Crippen LogP contribution in [0.2, 0.25) is 0 Å². The fraction of sp³-hybridized carbons (Fsp3) is 0.567. The summed E-state index contributed by atoms with van der Waals surface area (Å²) in [7, 11) is 0. The fourth-order valence-corrected chi connectivity index (χ4v) is 5.50. The van der Waals surface area contributed by atoms with E-state index in [1.807, 2.05) is 57.7 Å². The molecule has 0 saturated carbocycles. The highest BCUT2D eigenvalue weighted by atomic mass is 16.6. The number of likely N-dealkylation sites (tertiary alicyclic amines) is 1. The summed E-state index contributed by atoms with van der Waals surface area (Å²) in [4.78, 5) is 34.7. The standard InChI is InChI=1S/C30H40N4O5/c1-19(2)38-23-9-11-26(37-18-23)28(35)34-17-22-7-6-13-31-27(22)32-24-10-8-20(15-25(24)34)21-12-14-33(16-21)29(36)39-30(3,4)5/h6-8,10,13,15,19,21,23,26H,9,11-12,14,16-18H2,1-5H3,(H,31,32)/t21?,23-,26+/m0/s1. The van der Waals surface area contributed by atoms with Crippen LogP contribution >= 0.6 is 0 Å². The molecule has 0 aliphatic carbocycles. The van der Waals surface area contributed by atoms with E-state index in [9.17, 15) is 9.59 Å². The molecule has 2 saturated heterocycles. The Morgan fingerprint density at radius 3 is 2.69 bits per heavy atom. The summed E-state index contributed by atoms with van der Waals surface area (Å²) >= 11 is 0. The molecular weight excluding hydrogens is 496 g/mol. The number of carbonyl (C=O) groups is 2. The number of amides is 2. The van der Waals surface area contributed by atoms with Crippen molar-refractivity contribution in [3.8, 4) is 0 Å². The van der Waals surface area contributed by atoms with Crippen molar-refractivity contribution in [1.82, 2.24) is 9.88 Å². The quantitative estimate of drug-likeness (QED) is 0.562. The third kappa shape index (κ3) is 6.36. The van der Waals surface area contributed by atoms with Crippen molar-refractivity contribution in [2.24, 2.45) is 0 Å². The van der Waals surface area contributed by atoms with Gasteiger partial charge in [-0.05, 0) is 77.6 Å². The number of nitrogens with one attached hydrogen (secondary N) is 1. The molecule has 1 aromatic carbocycles. The average Bonchev–Trinajstić information content (AvgIpc) is 3.32. The third-order valence-electron chi connectivity index (χ3n) is 7.34. The van der Waals surface area contributed by atoms with Gasteiger partial charge in [0.15, 0.2) is 0 Å². The summed E-state index contributed by atoms with van der Waals surface area (Å²) in [5.41, 5.74) is 3.13. The van der Waals surface area contributed by atoms with E-state index >= 15 is 0 Å². The number of hydrogen-bond acceptors (Lipinski definition) is 7. The van der Waals surface area contributed by atoms with Gasteiger partial charge < -0.3 is 29.3 Å². The summed E-state index contributed by atoms with van der Waals surface area (Å²) in [6.07, 6.45) is 3.31. The van der Waals surface area contributed by atoms with E-state index in [2.05, 4.69) is 22.4 Å². The van der Waals surface area contributed by atoms with Crippen molar-refractivity contribution in [2.45, 2.75) is 90.3 Å². The molecule has 0 bridgehead atoms. The third-order valence-corrected chi connectivity index (χ3v) is 7.34. The smallest absolute Gasteiger partial charge is 0.410 e. The fourth-order valence-electron chi connectivity index (χ4n) is 5.50. The largest absolute Gasteiger partial charge is 0.444 e. The lowest BCUT2D eigenvalue weighted by atomic mass is 9.96. The van der Waals surface area contributed by atoms with E-state index in [4.69, 9.17) is 14.2 Å². The van der Waals surface area contributed by atoms with Gasteiger partial charge in [0, 0.05) is 30.8 Å². The van der Waals surface area contributed by atoms with Crippen LogP contribution in [0.4, 0.5) is 22.0 Å². The second-order valence-electron chi connectivity index (χ2n) is 12.0. The lowest BCUT2D eigenvalue weighted by Crippen LogP contribution is -2.44. The van der Waals surface area contributed by atoms with Gasteiger partial charge in [0.2, 0.25) is 0 Å². The maximum atomic E-state index is 14.0.